The van der Waals surface area contributed by atoms with E-state index in [0.29, 0.717) is 6.10 Å². The highest BCUT2D eigenvalue weighted by Crippen LogP contribution is 2.30. The summed E-state index contributed by atoms with van der Waals surface area (Å²) in [5.74, 6) is 0.896. The molecule has 1 N–H and O–H groups in total. The summed E-state index contributed by atoms with van der Waals surface area (Å²) >= 11 is 6.28. The van der Waals surface area contributed by atoms with Crippen LogP contribution >= 0.6 is 11.6 Å². The van der Waals surface area contributed by atoms with Crippen LogP contribution in [0.4, 0.5) is 0 Å². The van der Waals surface area contributed by atoms with E-state index in [-0.39, 0.29) is 6.04 Å². The fraction of sp³-hybridized carbons (Fsp3) is 0.571. The third-order valence-corrected chi connectivity index (χ3v) is 3.63. The van der Waals surface area contributed by atoms with Crippen LogP contribution < -0.4 is 10.1 Å². The Morgan fingerprint density at radius 1 is 1.47 bits per heavy atom. The topological polar surface area (TPSA) is 21.3 Å². The third-order valence-electron chi connectivity index (χ3n) is 3.30. The molecule has 1 aromatic rings. The molecule has 2 nitrogen and oxygen atoms in total. The van der Waals surface area contributed by atoms with Crippen molar-refractivity contribution in [1.82, 2.24) is 5.32 Å². The Labute approximate surface area is 108 Å². The maximum absolute atomic E-state index is 6.28. The average molecular weight is 254 g/mol. The van der Waals surface area contributed by atoms with Gasteiger partial charge in [-0.05, 0) is 50.4 Å². The van der Waals surface area contributed by atoms with Crippen LogP contribution in [0.15, 0.2) is 18.2 Å². The van der Waals surface area contributed by atoms with Gasteiger partial charge in [0.2, 0.25) is 0 Å². The van der Waals surface area contributed by atoms with Crippen molar-refractivity contribution in [3.05, 3.63) is 28.8 Å². The van der Waals surface area contributed by atoms with Crippen LogP contribution in [0, 0.1) is 0 Å². The predicted octanol–water partition coefficient (Wildman–Crippen LogP) is 3.94. The summed E-state index contributed by atoms with van der Waals surface area (Å²) in [4.78, 5) is 0. The summed E-state index contributed by atoms with van der Waals surface area (Å²) in [6, 6.07) is 6.30. The summed E-state index contributed by atoms with van der Waals surface area (Å²) < 4.78 is 5.82. The fourth-order valence-corrected chi connectivity index (χ4v) is 2.36. The molecular weight excluding hydrogens is 234 g/mol. The van der Waals surface area contributed by atoms with E-state index in [0.717, 1.165) is 22.9 Å². The highest BCUT2D eigenvalue weighted by atomic mass is 35.5. The summed E-state index contributed by atoms with van der Waals surface area (Å²) in [5.41, 5.74) is 1.13. The van der Waals surface area contributed by atoms with Crippen LogP contribution in [0.2, 0.25) is 5.02 Å². The number of halogens is 1. The first-order valence-electron chi connectivity index (χ1n) is 6.40. The normalized spacial score (nSPS) is 17.6. The van der Waals surface area contributed by atoms with Gasteiger partial charge >= 0.3 is 0 Å². The van der Waals surface area contributed by atoms with Gasteiger partial charge in [0.15, 0.2) is 0 Å². The number of ether oxygens (including phenoxy) is 1. The molecule has 0 bridgehead atoms. The third kappa shape index (κ3) is 3.14. The zero-order valence-corrected chi connectivity index (χ0v) is 11.3. The van der Waals surface area contributed by atoms with Gasteiger partial charge in [-0.1, -0.05) is 24.6 Å². The minimum atomic E-state index is 0.283. The quantitative estimate of drug-likeness (QED) is 0.858. The number of nitrogens with one attached hydrogen (secondary N) is 1. The standard InChI is InChI=1S/C14H20ClNO/c1-3-16-10(2)13-8-7-12(9-14(13)15)17-11-5-4-6-11/h7-11,16H,3-6H2,1-2H3. The lowest BCUT2D eigenvalue weighted by molar-refractivity contribution is 0.120. The van der Waals surface area contributed by atoms with Gasteiger partial charge in [-0.15, -0.1) is 0 Å². The zero-order valence-electron chi connectivity index (χ0n) is 10.5. The second-order valence-electron chi connectivity index (χ2n) is 4.63. The highest BCUT2D eigenvalue weighted by molar-refractivity contribution is 6.31. The first-order chi connectivity index (χ1) is 8.20. The molecule has 2 rings (SSSR count). The lowest BCUT2D eigenvalue weighted by atomic mass is 9.96. The molecule has 94 valence electrons. The molecule has 0 amide bonds. The van der Waals surface area contributed by atoms with Gasteiger partial charge in [-0.3, -0.25) is 0 Å². The van der Waals surface area contributed by atoms with E-state index in [2.05, 4.69) is 25.2 Å². The van der Waals surface area contributed by atoms with Crippen molar-refractivity contribution in [2.75, 3.05) is 6.54 Å². The molecule has 0 saturated heterocycles. The van der Waals surface area contributed by atoms with E-state index in [9.17, 15) is 0 Å². The van der Waals surface area contributed by atoms with Crippen LogP contribution in [0.1, 0.15) is 44.7 Å². The van der Waals surface area contributed by atoms with Gasteiger partial charge in [0, 0.05) is 11.1 Å². The summed E-state index contributed by atoms with van der Waals surface area (Å²) in [6.45, 7) is 5.16. The molecule has 3 heteroatoms. The number of hydrogen-bond acceptors (Lipinski definition) is 2. The van der Waals surface area contributed by atoms with Gasteiger partial charge in [0.25, 0.3) is 0 Å². The van der Waals surface area contributed by atoms with E-state index in [4.69, 9.17) is 16.3 Å². The number of rotatable bonds is 5. The van der Waals surface area contributed by atoms with Crippen LogP contribution in [0.3, 0.4) is 0 Å². The highest BCUT2D eigenvalue weighted by Gasteiger charge is 2.19. The van der Waals surface area contributed by atoms with Crippen molar-refractivity contribution in [3.8, 4) is 5.75 Å². The van der Waals surface area contributed by atoms with E-state index < -0.39 is 0 Å². The molecule has 1 unspecified atom stereocenters. The Kier molecular flexibility index (Phi) is 4.30. The van der Waals surface area contributed by atoms with Gasteiger partial charge in [-0.2, -0.15) is 0 Å². The number of hydrogen-bond donors (Lipinski definition) is 1. The molecule has 1 saturated carbocycles. The Bertz CT molecular complexity index is 376. The second-order valence-corrected chi connectivity index (χ2v) is 5.04. The van der Waals surface area contributed by atoms with Crippen molar-refractivity contribution < 1.29 is 4.74 Å². The van der Waals surface area contributed by atoms with Crippen molar-refractivity contribution >= 4 is 11.6 Å². The van der Waals surface area contributed by atoms with Gasteiger partial charge in [0.1, 0.15) is 5.75 Å². The molecule has 1 fully saturated rings. The van der Waals surface area contributed by atoms with Crippen molar-refractivity contribution in [3.63, 3.8) is 0 Å². The second kappa shape index (κ2) is 5.74. The monoisotopic (exact) mass is 253 g/mol. The van der Waals surface area contributed by atoms with E-state index in [1.165, 1.54) is 19.3 Å². The molecule has 1 aromatic carbocycles. The largest absolute Gasteiger partial charge is 0.490 e. The maximum Gasteiger partial charge on any atom is 0.121 e. The predicted molar refractivity (Wildman–Crippen MR) is 71.8 cm³/mol. The van der Waals surface area contributed by atoms with Gasteiger partial charge in [-0.25, -0.2) is 0 Å². The Morgan fingerprint density at radius 2 is 2.24 bits per heavy atom. The van der Waals surface area contributed by atoms with Gasteiger partial charge in [0.05, 0.1) is 6.10 Å². The SMILES string of the molecule is CCNC(C)c1ccc(OC2CCC2)cc1Cl. The lowest BCUT2D eigenvalue weighted by Crippen LogP contribution is -2.24. The Balaban J connectivity index is 2.04. The first-order valence-corrected chi connectivity index (χ1v) is 6.78. The van der Waals surface area contributed by atoms with Crippen molar-refractivity contribution in [2.45, 2.75) is 45.3 Å². The van der Waals surface area contributed by atoms with Crippen LogP contribution in [0.25, 0.3) is 0 Å². The van der Waals surface area contributed by atoms with E-state index in [1.807, 2.05) is 12.1 Å². The molecule has 1 atom stereocenters. The summed E-state index contributed by atoms with van der Waals surface area (Å²) in [6.07, 6.45) is 4.04. The number of benzene rings is 1. The molecule has 17 heavy (non-hydrogen) atoms. The molecular formula is C14H20ClNO. The first kappa shape index (κ1) is 12.7. The Hall–Kier alpha value is -0.730. The summed E-state index contributed by atoms with van der Waals surface area (Å²) in [5, 5.41) is 4.15. The van der Waals surface area contributed by atoms with Crippen LogP contribution in [-0.2, 0) is 0 Å². The zero-order chi connectivity index (χ0) is 12.3. The maximum atomic E-state index is 6.28. The average Bonchev–Trinajstić information content (AvgIpc) is 2.24. The molecule has 0 radical (unpaired) electrons. The minimum Gasteiger partial charge on any atom is -0.490 e. The Morgan fingerprint density at radius 3 is 2.76 bits per heavy atom. The molecule has 1 aliphatic rings. The van der Waals surface area contributed by atoms with Crippen molar-refractivity contribution in [1.29, 1.82) is 0 Å². The molecule has 0 aliphatic heterocycles. The molecule has 0 heterocycles. The van der Waals surface area contributed by atoms with Gasteiger partial charge < -0.3 is 10.1 Å². The van der Waals surface area contributed by atoms with Crippen LogP contribution in [-0.4, -0.2) is 12.6 Å². The smallest absolute Gasteiger partial charge is 0.121 e. The van der Waals surface area contributed by atoms with Crippen molar-refractivity contribution in [2.24, 2.45) is 0 Å². The molecule has 0 aromatic heterocycles. The summed E-state index contributed by atoms with van der Waals surface area (Å²) in [7, 11) is 0. The fourth-order valence-electron chi connectivity index (χ4n) is 2.03. The van der Waals surface area contributed by atoms with E-state index in [1.54, 1.807) is 0 Å². The van der Waals surface area contributed by atoms with E-state index >= 15 is 0 Å². The molecule has 1 aliphatic carbocycles. The molecule has 0 spiro atoms. The lowest BCUT2D eigenvalue weighted by Gasteiger charge is -2.26. The minimum absolute atomic E-state index is 0.283. The van der Waals surface area contributed by atoms with Crippen LogP contribution in [0.5, 0.6) is 5.75 Å².